The first-order valence-electron chi connectivity index (χ1n) is 9.33. The van der Waals surface area contributed by atoms with Crippen LogP contribution in [0.1, 0.15) is 6.92 Å². The second kappa shape index (κ2) is 7.78. The van der Waals surface area contributed by atoms with Gasteiger partial charge in [0, 0.05) is 37.6 Å². The van der Waals surface area contributed by atoms with Crippen LogP contribution in [0.25, 0.3) is 33.4 Å². The van der Waals surface area contributed by atoms with Crippen molar-refractivity contribution in [3.8, 4) is 22.4 Å². The molecule has 4 rings (SSSR count). The van der Waals surface area contributed by atoms with Gasteiger partial charge >= 0.3 is 6.03 Å². The summed E-state index contributed by atoms with van der Waals surface area (Å²) in [4.78, 5) is 35.6. The number of halogens is 1. The second-order valence-electron chi connectivity index (χ2n) is 6.69. The van der Waals surface area contributed by atoms with Crippen LogP contribution in [0.15, 0.2) is 53.6 Å². The lowest BCUT2D eigenvalue weighted by molar-refractivity contribution is 0.252. The molecule has 0 fully saturated rings. The number of aromatic amines is 1. The number of nitrogens with one attached hydrogen (secondary N) is 3. The van der Waals surface area contributed by atoms with Gasteiger partial charge in [-0.25, -0.2) is 14.2 Å². The quantitative estimate of drug-likeness (QED) is 0.484. The van der Waals surface area contributed by atoms with Gasteiger partial charge in [0.1, 0.15) is 17.0 Å². The molecule has 0 spiro atoms. The molecule has 0 atom stereocenters. The molecule has 4 aromatic rings. The number of anilines is 1. The molecule has 9 heteroatoms. The van der Waals surface area contributed by atoms with Crippen molar-refractivity contribution in [2.45, 2.75) is 6.92 Å². The van der Waals surface area contributed by atoms with Crippen molar-refractivity contribution in [2.75, 3.05) is 11.9 Å². The number of fused-ring (bicyclic) bond motifs is 1. The molecule has 3 heterocycles. The number of amides is 2. The average Bonchev–Trinajstić information content (AvgIpc) is 3.12. The number of hydrogen-bond acceptors (Lipinski definition) is 4. The lowest BCUT2D eigenvalue weighted by Crippen LogP contribution is -2.28. The number of rotatable bonds is 4. The summed E-state index contributed by atoms with van der Waals surface area (Å²) >= 11 is 0. The number of pyridine rings is 2. The highest BCUT2D eigenvalue weighted by molar-refractivity contribution is 5.98. The molecule has 3 N–H and O–H groups in total. The van der Waals surface area contributed by atoms with Crippen LogP contribution < -0.4 is 16.2 Å². The zero-order valence-corrected chi connectivity index (χ0v) is 16.4. The minimum Gasteiger partial charge on any atom is -0.338 e. The van der Waals surface area contributed by atoms with Gasteiger partial charge in [-0.15, -0.1) is 0 Å². The minimum atomic E-state index is -0.499. The van der Waals surface area contributed by atoms with E-state index in [0.717, 1.165) is 0 Å². The van der Waals surface area contributed by atoms with Gasteiger partial charge in [0.2, 0.25) is 5.95 Å². The van der Waals surface area contributed by atoms with Crippen molar-refractivity contribution < 1.29 is 9.18 Å². The standard InChI is InChI=1S/C21H19FN6O2/c1-3-23-21(30)27-20-25-16-10-13(12-6-8-28(2)17(29)11-12)9-14(19(16)26-20)18-15(22)5-4-7-24-18/h4-11H,3H2,1-2H3,(H3,23,25,26,27,30). The molecular formula is C21H19FN6O2. The van der Waals surface area contributed by atoms with Crippen molar-refractivity contribution in [1.82, 2.24) is 24.8 Å². The van der Waals surface area contributed by atoms with E-state index in [9.17, 15) is 14.0 Å². The Morgan fingerprint density at radius 1 is 1.23 bits per heavy atom. The molecule has 2 amide bonds. The van der Waals surface area contributed by atoms with Crippen molar-refractivity contribution in [3.63, 3.8) is 0 Å². The van der Waals surface area contributed by atoms with Crippen molar-refractivity contribution >= 4 is 23.0 Å². The number of aryl methyl sites for hydroxylation is 1. The third kappa shape index (κ3) is 3.64. The Kier molecular flexibility index (Phi) is 5.01. The third-order valence-electron chi connectivity index (χ3n) is 4.61. The summed E-state index contributed by atoms with van der Waals surface area (Å²) in [5.41, 5.74) is 2.79. The minimum absolute atomic E-state index is 0.129. The Bertz CT molecular complexity index is 1310. The van der Waals surface area contributed by atoms with Crippen LogP contribution in [0.3, 0.4) is 0 Å². The van der Waals surface area contributed by atoms with E-state index in [1.807, 2.05) is 0 Å². The highest BCUT2D eigenvalue weighted by Crippen LogP contribution is 2.33. The van der Waals surface area contributed by atoms with Crippen LogP contribution in [0, 0.1) is 5.82 Å². The number of carbonyl (C=O) groups is 1. The Morgan fingerprint density at radius 3 is 2.80 bits per heavy atom. The van der Waals surface area contributed by atoms with Crippen LogP contribution in [0.2, 0.25) is 0 Å². The molecule has 0 saturated carbocycles. The fourth-order valence-electron chi connectivity index (χ4n) is 3.15. The van der Waals surface area contributed by atoms with Crippen molar-refractivity contribution in [2.24, 2.45) is 7.05 Å². The highest BCUT2D eigenvalue weighted by Gasteiger charge is 2.17. The number of aromatic nitrogens is 4. The molecule has 0 radical (unpaired) electrons. The Balaban J connectivity index is 1.92. The molecule has 30 heavy (non-hydrogen) atoms. The number of imidazole rings is 1. The monoisotopic (exact) mass is 406 g/mol. The topological polar surface area (TPSA) is 105 Å². The van der Waals surface area contributed by atoms with Gasteiger partial charge in [0.25, 0.3) is 5.56 Å². The van der Waals surface area contributed by atoms with E-state index in [-0.39, 0.29) is 17.2 Å². The zero-order valence-electron chi connectivity index (χ0n) is 16.4. The van der Waals surface area contributed by atoms with Gasteiger partial charge < -0.3 is 14.9 Å². The molecule has 8 nitrogen and oxygen atoms in total. The molecule has 0 aliphatic heterocycles. The van der Waals surface area contributed by atoms with Crippen molar-refractivity contribution in [3.05, 3.63) is 65.0 Å². The van der Waals surface area contributed by atoms with Crippen LogP contribution in [-0.2, 0) is 7.05 Å². The van der Waals surface area contributed by atoms with E-state index in [0.29, 0.717) is 34.3 Å². The van der Waals surface area contributed by atoms with Gasteiger partial charge in [-0.05, 0) is 48.4 Å². The third-order valence-corrected chi connectivity index (χ3v) is 4.61. The first-order valence-corrected chi connectivity index (χ1v) is 9.33. The summed E-state index contributed by atoms with van der Waals surface area (Å²) in [6.07, 6.45) is 3.16. The largest absolute Gasteiger partial charge is 0.338 e. The van der Waals surface area contributed by atoms with Crippen LogP contribution >= 0.6 is 0 Å². The number of carbonyl (C=O) groups excluding carboxylic acids is 1. The SMILES string of the molecule is CCNC(=O)Nc1nc2c(-c3ncccc3F)cc(-c3ccn(C)c(=O)c3)cc2[nH]1. The van der Waals surface area contributed by atoms with E-state index in [1.165, 1.54) is 29.0 Å². The normalized spacial score (nSPS) is 10.9. The van der Waals surface area contributed by atoms with Crippen molar-refractivity contribution in [1.29, 1.82) is 0 Å². The van der Waals surface area contributed by atoms with Gasteiger partial charge in [-0.2, -0.15) is 0 Å². The van der Waals surface area contributed by atoms with Gasteiger partial charge in [-0.1, -0.05) is 0 Å². The Hall–Kier alpha value is -4.01. The van der Waals surface area contributed by atoms with E-state index in [4.69, 9.17) is 0 Å². The molecule has 0 saturated heterocycles. The lowest BCUT2D eigenvalue weighted by atomic mass is 10.0. The van der Waals surface area contributed by atoms with Gasteiger partial charge in [-0.3, -0.25) is 15.1 Å². The molecule has 0 aliphatic rings. The molecule has 0 bridgehead atoms. The van der Waals surface area contributed by atoms with Crippen LogP contribution in [0.4, 0.5) is 15.1 Å². The van der Waals surface area contributed by atoms with E-state index in [1.54, 1.807) is 38.4 Å². The summed E-state index contributed by atoms with van der Waals surface area (Å²) in [7, 11) is 1.66. The fraction of sp³-hybridized carbons (Fsp3) is 0.143. The molecular weight excluding hydrogens is 387 g/mol. The Morgan fingerprint density at radius 2 is 2.07 bits per heavy atom. The lowest BCUT2D eigenvalue weighted by Gasteiger charge is -2.08. The maximum atomic E-state index is 14.5. The molecule has 152 valence electrons. The number of benzene rings is 1. The summed E-state index contributed by atoms with van der Waals surface area (Å²) < 4.78 is 16.0. The van der Waals surface area contributed by atoms with E-state index < -0.39 is 11.8 Å². The maximum absolute atomic E-state index is 14.5. The number of nitrogens with zero attached hydrogens (tertiary/aromatic N) is 3. The zero-order chi connectivity index (χ0) is 21.3. The predicted octanol–water partition coefficient (Wildman–Crippen LogP) is 3.27. The van der Waals surface area contributed by atoms with Crippen LogP contribution in [-0.4, -0.2) is 32.1 Å². The average molecular weight is 406 g/mol. The number of hydrogen-bond donors (Lipinski definition) is 3. The predicted molar refractivity (Wildman–Crippen MR) is 113 cm³/mol. The number of urea groups is 1. The smallest absolute Gasteiger partial charge is 0.321 e. The second-order valence-corrected chi connectivity index (χ2v) is 6.69. The van der Waals surface area contributed by atoms with Crippen LogP contribution in [0.5, 0.6) is 0 Å². The number of H-pyrrole nitrogens is 1. The summed E-state index contributed by atoms with van der Waals surface area (Å²) in [6, 6.07) is 9.25. The molecule has 1 aromatic carbocycles. The molecule has 0 unspecified atom stereocenters. The Labute approximate surface area is 170 Å². The molecule has 0 aliphatic carbocycles. The summed E-state index contributed by atoms with van der Waals surface area (Å²) in [5.74, 6) is -0.282. The summed E-state index contributed by atoms with van der Waals surface area (Å²) in [5, 5.41) is 5.24. The van der Waals surface area contributed by atoms with E-state index >= 15 is 0 Å². The van der Waals surface area contributed by atoms with E-state index in [2.05, 4.69) is 25.6 Å². The highest BCUT2D eigenvalue weighted by atomic mass is 19.1. The summed E-state index contributed by atoms with van der Waals surface area (Å²) in [6.45, 7) is 2.26. The maximum Gasteiger partial charge on any atom is 0.321 e. The fourth-order valence-corrected chi connectivity index (χ4v) is 3.15. The van der Waals surface area contributed by atoms with Gasteiger partial charge in [0.05, 0.1) is 5.52 Å². The first kappa shape index (κ1) is 19.3. The first-order chi connectivity index (χ1) is 14.5. The molecule has 3 aromatic heterocycles. The van der Waals surface area contributed by atoms with Gasteiger partial charge in [0.15, 0.2) is 0 Å².